The molecule has 0 spiro atoms. The van der Waals surface area contributed by atoms with Crippen LogP contribution >= 0.6 is 0 Å². The average Bonchev–Trinajstić information content (AvgIpc) is 2.17. The van der Waals surface area contributed by atoms with E-state index < -0.39 is 24.8 Å². The van der Waals surface area contributed by atoms with Crippen LogP contribution in [-0.2, 0) is 9.59 Å². The van der Waals surface area contributed by atoms with E-state index in [1.165, 1.54) is 12.8 Å². The number of carbonyl (C=O) groups is 2. The largest absolute Gasteiger partial charge is 0.550 e. The minimum absolute atomic E-state index is 0.181. The molecule has 0 aliphatic heterocycles. The van der Waals surface area contributed by atoms with Crippen molar-refractivity contribution in [3.63, 3.8) is 0 Å². The van der Waals surface area contributed by atoms with Gasteiger partial charge in [-0.15, -0.1) is 0 Å². The smallest absolute Gasteiger partial charge is 0.0418 e. The van der Waals surface area contributed by atoms with Crippen LogP contribution < -0.4 is 10.2 Å². The minimum atomic E-state index is -1.37. The number of carbonyl (C=O) groups excluding carboxylic acids is 2. The van der Waals surface area contributed by atoms with Gasteiger partial charge in [-0.05, 0) is 12.8 Å². The van der Waals surface area contributed by atoms with Crippen LogP contribution in [0.4, 0.5) is 0 Å². The molecule has 0 radical (unpaired) electrons. The number of carboxylic acid groups (broad SMARTS) is 2. The van der Waals surface area contributed by atoms with E-state index in [0.29, 0.717) is 0 Å². The summed E-state index contributed by atoms with van der Waals surface area (Å²) in [7, 11) is 0. The van der Waals surface area contributed by atoms with Gasteiger partial charge in [0, 0.05) is 11.9 Å². The molecular formula is C10H18O4Sn. The predicted octanol–water partition coefficient (Wildman–Crippen LogP) is -0.386. The van der Waals surface area contributed by atoms with E-state index in [4.69, 9.17) is 0 Å². The average molecular weight is 321 g/mol. The molecule has 0 aliphatic carbocycles. The first-order valence-electron chi connectivity index (χ1n) is 5.14. The summed E-state index contributed by atoms with van der Waals surface area (Å²) in [6.07, 6.45) is 1.93. The zero-order valence-electron chi connectivity index (χ0n) is 9.38. The maximum Gasteiger partial charge on any atom is 0.0418 e. The molecule has 0 fully saturated rings. The number of carboxylic acids is 2. The first-order chi connectivity index (χ1) is 7.04. The van der Waals surface area contributed by atoms with E-state index in [-0.39, 0.29) is 21.1 Å². The third-order valence-electron chi connectivity index (χ3n) is 1.39. The van der Waals surface area contributed by atoms with Crippen molar-refractivity contribution in [2.45, 2.75) is 48.4 Å². The fourth-order valence-corrected chi connectivity index (χ4v) is 3.41. The van der Waals surface area contributed by atoms with E-state index >= 15 is 0 Å². The van der Waals surface area contributed by atoms with Gasteiger partial charge in [0.2, 0.25) is 0 Å². The molecule has 0 saturated carbocycles. The summed E-state index contributed by atoms with van der Waals surface area (Å²) in [6.45, 7) is 4.58. The molecule has 0 unspecified atom stereocenters. The fraction of sp³-hybridized carbons (Fsp3) is 0.800. The van der Waals surface area contributed by atoms with Crippen LogP contribution in [0.25, 0.3) is 0 Å². The zero-order valence-corrected chi connectivity index (χ0v) is 12.2. The molecular weight excluding hydrogens is 303 g/mol. The number of rotatable bonds is 7. The summed E-state index contributed by atoms with van der Waals surface area (Å²) in [5.74, 6) is -2.73. The second-order valence-electron chi connectivity index (χ2n) is 2.99. The Balaban J connectivity index is 0. The third-order valence-corrected chi connectivity index (χ3v) is 6.26. The molecule has 0 heterocycles. The quantitative estimate of drug-likeness (QED) is 0.473. The van der Waals surface area contributed by atoms with Gasteiger partial charge in [0.15, 0.2) is 0 Å². The summed E-state index contributed by atoms with van der Waals surface area (Å²) in [6, 6.07) is 0. The molecule has 0 saturated heterocycles. The Morgan fingerprint density at radius 1 is 0.933 bits per heavy atom. The molecule has 86 valence electrons. The molecule has 0 amide bonds. The Bertz CT molecular complexity index is 153. The molecule has 0 aromatic carbocycles. The van der Waals surface area contributed by atoms with Gasteiger partial charge in [0.05, 0.1) is 0 Å². The van der Waals surface area contributed by atoms with Crippen molar-refractivity contribution in [2.75, 3.05) is 0 Å². The number of hydrogen-bond acceptors (Lipinski definition) is 4. The summed E-state index contributed by atoms with van der Waals surface area (Å²) in [5.41, 5.74) is 0. The summed E-state index contributed by atoms with van der Waals surface area (Å²) in [5, 5.41) is 19.0. The summed E-state index contributed by atoms with van der Waals surface area (Å²) >= 11 is 0.181. The first kappa shape index (κ1) is 17.1. The van der Waals surface area contributed by atoms with Gasteiger partial charge in [0.25, 0.3) is 0 Å². The van der Waals surface area contributed by atoms with Crippen LogP contribution in [0.2, 0.25) is 8.87 Å². The summed E-state index contributed by atoms with van der Waals surface area (Å²) < 4.78 is 3.19. The minimum Gasteiger partial charge on any atom is -0.550 e. The van der Waals surface area contributed by atoms with Gasteiger partial charge < -0.3 is 19.8 Å². The van der Waals surface area contributed by atoms with Crippen LogP contribution in [0.15, 0.2) is 0 Å². The molecule has 0 N–H and O–H groups in total. The van der Waals surface area contributed by atoms with Crippen LogP contribution in [0.3, 0.4) is 0 Å². The maximum absolute atomic E-state index is 9.50. The van der Waals surface area contributed by atoms with E-state index in [2.05, 4.69) is 13.8 Å². The van der Waals surface area contributed by atoms with Crippen molar-refractivity contribution in [2.24, 2.45) is 0 Å². The van der Waals surface area contributed by atoms with Crippen molar-refractivity contribution >= 4 is 33.1 Å². The Kier molecular flexibility index (Phi) is 15.7. The van der Waals surface area contributed by atoms with Gasteiger partial charge in [-0.3, -0.25) is 0 Å². The molecule has 0 rings (SSSR count). The van der Waals surface area contributed by atoms with E-state index in [9.17, 15) is 19.8 Å². The fourth-order valence-electron chi connectivity index (χ4n) is 0.683. The molecule has 15 heavy (non-hydrogen) atoms. The summed E-state index contributed by atoms with van der Waals surface area (Å²) in [4.78, 5) is 19.0. The van der Waals surface area contributed by atoms with Gasteiger partial charge >= 0.3 is 56.7 Å². The normalized spacial score (nSPS) is 8.40. The van der Waals surface area contributed by atoms with Gasteiger partial charge in [-0.1, -0.05) is 0 Å². The second-order valence-corrected chi connectivity index (χ2v) is 7.28. The molecule has 0 aliphatic rings. The van der Waals surface area contributed by atoms with Crippen LogP contribution in [0.1, 0.15) is 39.5 Å². The molecule has 0 bridgehead atoms. The van der Waals surface area contributed by atoms with E-state index in [0.717, 1.165) is 0 Å². The predicted molar refractivity (Wildman–Crippen MR) is 55.2 cm³/mol. The molecule has 4 nitrogen and oxygen atoms in total. The van der Waals surface area contributed by atoms with Crippen LogP contribution in [0.5, 0.6) is 0 Å². The molecule has 0 aromatic rings. The van der Waals surface area contributed by atoms with Gasteiger partial charge in [-0.25, -0.2) is 0 Å². The standard InChI is InChI=1S/C4H6O4.2C3H7.Sn/c5-3(6)1-2-4(7)8;2*1-3-2;/h1-2H2,(H,5,6)(H,7,8);2*1,3H2,2H3;/q;;;+2/p-2. The Hall–Kier alpha value is -0.261. The number of hydrogen-bond donors (Lipinski definition) is 0. The first-order valence-corrected chi connectivity index (χ1v) is 9.18. The maximum atomic E-state index is 9.50. The van der Waals surface area contributed by atoms with Crippen molar-refractivity contribution < 1.29 is 19.8 Å². The topological polar surface area (TPSA) is 80.3 Å². The van der Waals surface area contributed by atoms with Crippen molar-refractivity contribution in [1.82, 2.24) is 0 Å². The molecule has 0 atom stereocenters. The van der Waals surface area contributed by atoms with Crippen molar-refractivity contribution in [3.05, 3.63) is 0 Å². The van der Waals surface area contributed by atoms with Gasteiger partial charge in [0.1, 0.15) is 0 Å². The van der Waals surface area contributed by atoms with Crippen LogP contribution in [-0.4, -0.2) is 33.1 Å². The van der Waals surface area contributed by atoms with E-state index in [1.54, 1.807) is 8.87 Å². The van der Waals surface area contributed by atoms with Crippen LogP contribution in [0, 0.1) is 0 Å². The molecule has 0 aromatic heterocycles. The second kappa shape index (κ2) is 13.7. The zero-order chi connectivity index (χ0) is 12.1. The SMILES string of the molecule is CC[CH2][Sn+2][CH2]CC.O=C([O-])CCC(=O)[O-]. The van der Waals surface area contributed by atoms with Gasteiger partial charge in [-0.2, -0.15) is 0 Å². The monoisotopic (exact) mass is 322 g/mol. The Morgan fingerprint density at radius 2 is 1.27 bits per heavy atom. The molecule has 5 heteroatoms. The Labute approximate surface area is 101 Å². The number of aliphatic carboxylic acids is 2. The Morgan fingerprint density at radius 3 is 1.47 bits per heavy atom. The van der Waals surface area contributed by atoms with Crippen molar-refractivity contribution in [1.29, 1.82) is 0 Å². The van der Waals surface area contributed by atoms with E-state index in [1.807, 2.05) is 0 Å². The van der Waals surface area contributed by atoms with Crippen molar-refractivity contribution in [3.8, 4) is 0 Å². The third kappa shape index (κ3) is 24.8.